The molecule has 0 fully saturated rings. The third-order valence-electron chi connectivity index (χ3n) is 3.25. The van der Waals surface area contributed by atoms with Crippen LogP contribution in [0.25, 0.3) is 5.69 Å². The summed E-state index contributed by atoms with van der Waals surface area (Å²) in [4.78, 5) is 12.0. The monoisotopic (exact) mass is 379 g/mol. The fourth-order valence-corrected chi connectivity index (χ4v) is 3.35. The van der Waals surface area contributed by atoms with Gasteiger partial charge in [-0.25, -0.2) is 22.2 Å². The lowest BCUT2D eigenvalue weighted by molar-refractivity contribution is 0.0976. The fourth-order valence-electron chi connectivity index (χ4n) is 2.08. The number of sulfonamides is 1. The number of carbonyl (C=O) groups is 1. The van der Waals surface area contributed by atoms with E-state index in [1.165, 1.54) is 54.7 Å². The van der Waals surface area contributed by atoms with Crippen molar-refractivity contribution in [2.75, 3.05) is 0 Å². The number of nitrogens with one attached hydrogen (secondary N) is 1. The van der Waals surface area contributed by atoms with Crippen molar-refractivity contribution in [1.82, 2.24) is 14.5 Å². The zero-order valence-electron chi connectivity index (χ0n) is 12.6. The molecule has 0 aliphatic rings. The topological polar surface area (TPSA) is 81.1 Å². The fraction of sp³-hybridized carbons (Fsp3) is 0. The molecule has 6 nitrogen and oxygen atoms in total. The number of aromatic nitrogens is 2. The average molecular weight is 380 g/mol. The zero-order valence-corrected chi connectivity index (χ0v) is 14.1. The standard InChI is InChI=1S/C16H11ClFN3O3S/c17-11-4-3-5-12(10-11)25(23,24)20-16(22)14-8-9-21(19-14)15-7-2-1-6-13(15)18/h1-10H,(H,20,22). The largest absolute Gasteiger partial charge is 0.285 e. The molecule has 0 spiro atoms. The van der Waals surface area contributed by atoms with Crippen molar-refractivity contribution in [3.05, 3.63) is 77.3 Å². The Bertz CT molecular complexity index is 1050. The van der Waals surface area contributed by atoms with E-state index in [4.69, 9.17) is 11.6 Å². The van der Waals surface area contributed by atoms with Gasteiger partial charge in [0.05, 0.1) is 4.90 Å². The van der Waals surface area contributed by atoms with Crippen LogP contribution in [0.4, 0.5) is 4.39 Å². The molecule has 0 saturated carbocycles. The highest BCUT2D eigenvalue weighted by Crippen LogP contribution is 2.16. The van der Waals surface area contributed by atoms with E-state index >= 15 is 0 Å². The molecule has 1 aromatic heterocycles. The van der Waals surface area contributed by atoms with Gasteiger partial charge >= 0.3 is 0 Å². The molecule has 0 bridgehead atoms. The Hall–Kier alpha value is -2.71. The first kappa shape index (κ1) is 17.1. The molecule has 0 atom stereocenters. The van der Waals surface area contributed by atoms with Gasteiger partial charge in [0.25, 0.3) is 15.9 Å². The molecule has 25 heavy (non-hydrogen) atoms. The highest BCUT2D eigenvalue weighted by Gasteiger charge is 2.21. The highest BCUT2D eigenvalue weighted by atomic mass is 35.5. The van der Waals surface area contributed by atoms with Gasteiger partial charge in [0, 0.05) is 11.2 Å². The maximum Gasteiger partial charge on any atom is 0.285 e. The number of rotatable bonds is 4. The van der Waals surface area contributed by atoms with E-state index in [9.17, 15) is 17.6 Å². The third-order valence-corrected chi connectivity index (χ3v) is 4.82. The van der Waals surface area contributed by atoms with Crippen molar-refractivity contribution in [2.24, 2.45) is 0 Å². The van der Waals surface area contributed by atoms with Crippen LogP contribution in [0.5, 0.6) is 0 Å². The SMILES string of the molecule is O=C(NS(=O)(=O)c1cccc(Cl)c1)c1ccn(-c2ccccc2F)n1. The second-order valence-corrected chi connectivity index (χ2v) is 7.11. The van der Waals surface area contributed by atoms with Crippen molar-refractivity contribution >= 4 is 27.5 Å². The number of carbonyl (C=O) groups excluding carboxylic acids is 1. The Balaban J connectivity index is 1.84. The lowest BCUT2D eigenvalue weighted by Gasteiger charge is -2.06. The Labute approximate surface area is 147 Å². The van der Waals surface area contributed by atoms with Crippen molar-refractivity contribution in [3.8, 4) is 5.69 Å². The minimum Gasteiger partial charge on any atom is -0.266 e. The molecule has 1 N–H and O–H groups in total. The summed E-state index contributed by atoms with van der Waals surface area (Å²) in [6, 6.07) is 12.6. The van der Waals surface area contributed by atoms with Gasteiger partial charge in [-0.15, -0.1) is 0 Å². The van der Waals surface area contributed by atoms with Crippen molar-refractivity contribution in [2.45, 2.75) is 4.90 Å². The Morgan fingerprint density at radius 1 is 1.12 bits per heavy atom. The predicted octanol–water partition coefficient (Wildman–Crippen LogP) is 2.78. The van der Waals surface area contributed by atoms with Gasteiger partial charge in [0.15, 0.2) is 5.69 Å². The maximum absolute atomic E-state index is 13.7. The minimum absolute atomic E-state index is 0.138. The summed E-state index contributed by atoms with van der Waals surface area (Å²) in [7, 11) is -4.10. The van der Waals surface area contributed by atoms with Crippen LogP contribution < -0.4 is 4.72 Å². The number of hydrogen-bond acceptors (Lipinski definition) is 4. The minimum atomic E-state index is -4.10. The quantitative estimate of drug-likeness (QED) is 0.755. The van der Waals surface area contributed by atoms with Crippen molar-refractivity contribution in [3.63, 3.8) is 0 Å². The summed E-state index contributed by atoms with van der Waals surface area (Å²) in [6.45, 7) is 0. The molecule has 0 aliphatic carbocycles. The van der Waals surface area contributed by atoms with E-state index in [-0.39, 0.29) is 21.3 Å². The number of para-hydroxylation sites is 1. The molecule has 3 aromatic rings. The first-order valence-corrected chi connectivity index (χ1v) is 8.86. The maximum atomic E-state index is 13.7. The van der Waals surface area contributed by atoms with Gasteiger partial charge in [-0.3, -0.25) is 4.79 Å². The van der Waals surface area contributed by atoms with Crippen LogP contribution in [-0.4, -0.2) is 24.1 Å². The van der Waals surface area contributed by atoms with Gasteiger partial charge in [0.2, 0.25) is 0 Å². The van der Waals surface area contributed by atoms with Crippen LogP contribution in [-0.2, 0) is 10.0 Å². The second kappa shape index (κ2) is 6.66. The number of hydrogen-bond donors (Lipinski definition) is 1. The van der Waals surface area contributed by atoms with Crippen molar-refractivity contribution < 1.29 is 17.6 Å². The summed E-state index contributed by atoms with van der Waals surface area (Å²) < 4.78 is 41.2. The first-order valence-electron chi connectivity index (χ1n) is 7.00. The molecule has 9 heteroatoms. The van der Waals surface area contributed by atoms with Crippen LogP contribution in [0.15, 0.2) is 65.7 Å². The van der Waals surface area contributed by atoms with E-state index in [2.05, 4.69) is 5.10 Å². The van der Waals surface area contributed by atoms with Gasteiger partial charge in [0.1, 0.15) is 11.5 Å². The molecule has 128 valence electrons. The highest BCUT2D eigenvalue weighted by molar-refractivity contribution is 7.90. The molecule has 0 unspecified atom stereocenters. The Kier molecular flexibility index (Phi) is 4.56. The summed E-state index contributed by atoms with van der Waals surface area (Å²) >= 11 is 5.76. The first-order chi connectivity index (χ1) is 11.9. The lowest BCUT2D eigenvalue weighted by atomic mass is 10.3. The molecular weight excluding hydrogens is 369 g/mol. The van der Waals surface area contributed by atoms with E-state index in [1.807, 2.05) is 4.72 Å². The number of amides is 1. The summed E-state index contributed by atoms with van der Waals surface area (Å²) in [5.74, 6) is -1.46. The van der Waals surface area contributed by atoms with Gasteiger partial charge in [-0.1, -0.05) is 29.8 Å². The van der Waals surface area contributed by atoms with E-state index in [1.54, 1.807) is 6.07 Å². The summed E-state index contributed by atoms with van der Waals surface area (Å²) in [5, 5.41) is 4.13. The molecule has 2 aromatic carbocycles. The molecule has 3 rings (SSSR count). The molecule has 0 saturated heterocycles. The van der Waals surface area contributed by atoms with Crippen molar-refractivity contribution in [1.29, 1.82) is 0 Å². The molecular formula is C16H11ClFN3O3S. The predicted molar refractivity (Wildman–Crippen MR) is 89.6 cm³/mol. The zero-order chi connectivity index (χ0) is 18.0. The van der Waals surface area contributed by atoms with Crippen LogP contribution in [0.3, 0.4) is 0 Å². The third kappa shape index (κ3) is 3.70. The summed E-state index contributed by atoms with van der Waals surface area (Å²) in [5.41, 5.74) is -0.0342. The van der Waals surface area contributed by atoms with E-state index < -0.39 is 21.7 Å². The van der Waals surface area contributed by atoms with Gasteiger partial charge in [-0.05, 0) is 36.4 Å². The molecule has 0 aliphatic heterocycles. The van der Waals surface area contributed by atoms with Crippen LogP contribution in [0.1, 0.15) is 10.5 Å². The van der Waals surface area contributed by atoms with E-state index in [0.717, 1.165) is 4.68 Å². The van der Waals surface area contributed by atoms with Crippen LogP contribution in [0, 0.1) is 5.82 Å². The van der Waals surface area contributed by atoms with Gasteiger partial charge in [-0.2, -0.15) is 5.10 Å². The van der Waals surface area contributed by atoms with Crippen LogP contribution >= 0.6 is 11.6 Å². The molecule has 0 radical (unpaired) electrons. The van der Waals surface area contributed by atoms with E-state index in [0.29, 0.717) is 0 Å². The van der Waals surface area contributed by atoms with Gasteiger partial charge < -0.3 is 0 Å². The average Bonchev–Trinajstić information content (AvgIpc) is 3.05. The normalized spacial score (nSPS) is 11.3. The number of benzene rings is 2. The number of nitrogens with zero attached hydrogens (tertiary/aromatic N) is 2. The molecule has 1 heterocycles. The number of halogens is 2. The Morgan fingerprint density at radius 3 is 2.60 bits per heavy atom. The lowest BCUT2D eigenvalue weighted by Crippen LogP contribution is -2.31. The summed E-state index contributed by atoms with van der Waals surface area (Å²) in [6.07, 6.45) is 1.36. The smallest absolute Gasteiger partial charge is 0.266 e. The van der Waals surface area contributed by atoms with Crippen LogP contribution in [0.2, 0.25) is 5.02 Å². The second-order valence-electron chi connectivity index (χ2n) is 4.99. The Morgan fingerprint density at radius 2 is 1.88 bits per heavy atom. The molecule has 1 amide bonds.